The van der Waals surface area contributed by atoms with Crippen LogP contribution in [0.25, 0.3) is 0 Å². The number of hydrogen-bond donors (Lipinski definition) is 2. The Labute approximate surface area is 152 Å². The predicted octanol–water partition coefficient (Wildman–Crippen LogP) is 3.82. The predicted molar refractivity (Wildman–Crippen MR) is 92.6 cm³/mol. The molecule has 0 saturated carbocycles. The molecule has 0 spiro atoms. The van der Waals surface area contributed by atoms with Crippen molar-refractivity contribution in [2.75, 3.05) is 5.32 Å². The van der Waals surface area contributed by atoms with Gasteiger partial charge in [-0.25, -0.2) is 0 Å². The summed E-state index contributed by atoms with van der Waals surface area (Å²) >= 11 is 1.11. The lowest BCUT2D eigenvalue weighted by Crippen LogP contribution is -2.51. The van der Waals surface area contributed by atoms with Crippen LogP contribution < -0.4 is 10.6 Å². The second kappa shape index (κ2) is 6.68. The summed E-state index contributed by atoms with van der Waals surface area (Å²) in [5, 5.41) is 5.25. The normalized spacial score (nSPS) is 19.5. The molecule has 2 amide bonds. The van der Waals surface area contributed by atoms with E-state index in [1.807, 2.05) is 0 Å². The minimum Gasteiger partial charge on any atom is -0.350 e. The maximum atomic E-state index is 12.8. The van der Waals surface area contributed by atoms with E-state index in [-0.39, 0.29) is 6.54 Å². The fourth-order valence-corrected chi connectivity index (χ4v) is 3.65. The molecule has 0 fully saturated rings. The second-order valence-electron chi connectivity index (χ2n) is 5.97. The summed E-state index contributed by atoms with van der Waals surface area (Å²) < 4.78 is 36.9. The number of benzene rings is 2. The van der Waals surface area contributed by atoms with Gasteiger partial charge in [0.2, 0.25) is 11.8 Å². The quantitative estimate of drug-likeness (QED) is 0.796. The Balaban J connectivity index is 1.73. The van der Waals surface area contributed by atoms with Crippen LogP contribution in [0.4, 0.5) is 18.9 Å². The molecule has 136 valence electrons. The molecular weight excluding hydrogens is 365 g/mol. The number of amides is 2. The monoisotopic (exact) mass is 380 g/mol. The van der Waals surface area contributed by atoms with Crippen molar-refractivity contribution >= 4 is 29.3 Å². The first-order valence-electron chi connectivity index (χ1n) is 7.74. The average molecular weight is 380 g/mol. The Morgan fingerprint density at radius 2 is 1.92 bits per heavy atom. The number of nitrogens with one attached hydrogen (secondary N) is 2. The van der Waals surface area contributed by atoms with Crippen LogP contribution in [0.2, 0.25) is 0 Å². The Hall–Kier alpha value is -2.48. The molecular formula is C18H15F3N2O2S. The van der Waals surface area contributed by atoms with Crippen LogP contribution in [0.3, 0.4) is 0 Å². The van der Waals surface area contributed by atoms with Crippen LogP contribution in [0.5, 0.6) is 0 Å². The van der Waals surface area contributed by atoms with Crippen LogP contribution in [0.1, 0.15) is 18.1 Å². The molecule has 26 heavy (non-hydrogen) atoms. The number of carbonyl (C=O) groups excluding carboxylic acids is 2. The number of thioether (sulfide) groups is 1. The van der Waals surface area contributed by atoms with Gasteiger partial charge in [0, 0.05) is 11.4 Å². The number of anilines is 1. The van der Waals surface area contributed by atoms with E-state index in [0.717, 1.165) is 28.8 Å². The number of fused-ring (bicyclic) bond motifs is 1. The third-order valence-corrected chi connectivity index (χ3v) is 5.38. The zero-order valence-corrected chi connectivity index (χ0v) is 14.5. The van der Waals surface area contributed by atoms with Gasteiger partial charge in [0.25, 0.3) is 0 Å². The standard InChI is InChI=1S/C18H15F3N2O2S/c1-17(16(25)23-13-7-2-3-8-14(13)26-17)15(24)22-10-11-5-4-6-12(9-11)18(19,20)21/h2-9H,10H2,1H3,(H,22,24)(H,23,25). The molecule has 8 heteroatoms. The van der Waals surface area contributed by atoms with Crippen LogP contribution in [-0.2, 0) is 22.3 Å². The molecule has 4 nitrogen and oxygen atoms in total. The molecule has 0 aliphatic carbocycles. The van der Waals surface area contributed by atoms with Crippen LogP contribution in [-0.4, -0.2) is 16.6 Å². The van der Waals surface area contributed by atoms with Crippen molar-refractivity contribution in [2.45, 2.75) is 29.3 Å². The smallest absolute Gasteiger partial charge is 0.350 e. The fraction of sp³-hybridized carbons (Fsp3) is 0.222. The molecule has 0 radical (unpaired) electrons. The molecule has 0 saturated heterocycles. The third kappa shape index (κ3) is 3.55. The van der Waals surface area contributed by atoms with E-state index >= 15 is 0 Å². The second-order valence-corrected chi connectivity index (χ2v) is 7.43. The van der Waals surface area contributed by atoms with E-state index < -0.39 is 28.3 Å². The lowest BCUT2D eigenvalue weighted by Gasteiger charge is -2.31. The molecule has 0 bridgehead atoms. The highest BCUT2D eigenvalue weighted by Crippen LogP contribution is 2.42. The minimum absolute atomic E-state index is 0.103. The zero-order valence-electron chi connectivity index (χ0n) is 13.7. The van der Waals surface area contributed by atoms with Crippen LogP contribution in [0, 0.1) is 0 Å². The summed E-state index contributed by atoms with van der Waals surface area (Å²) in [6.07, 6.45) is -4.45. The lowest BCUT2D eigenvalue weighted by molar-refractivity contribution is -0.137. The van der Waals surface area contributed by atoms with Crippen molar-refractivity contribution in [3.05, 3.63) is 59.7 Å². The highest BCUT2D eigenvalue weighted by Gasteiger charge is 2.45. The van der Waals surface area contributed by atoms with Gasteiger partial charge < -0.3 is 10.6 Å². The van der Waals surface area contributed by atoms with Crippen molar-refractivity contribution in [2.24, 2.45) is 0 Å². The Kier molecular flexibility index (Phi) is 4.70. The largest absolute Gasteiger partial charge is 0.416 e. The van der Waals surface area contributed by atoms with Crippen molar-refractivity contribution in [1.29, 1.82) is 0 Å². The summed E-state index contributed by atoms with van der Waals surface area (Å²) in [5.41, 5.74) is 0.151. The first kappa shape index (κ1) is 18.3. The van der Waals surface area contributed by atoms with E-state index in [4.69, 9.17) is 0 Å². The molecule has 1 atom stereocenters. The first-order chi connectivity index (χ1) is 12.2. The number of alkyl halides is 3. The van der Waals surface area contributed by atoms with Gasteiger partial charge in [0.15, 0.2) is 4.75 Å². The van der Waals surface area contributed by atoms with E-state index in [9.17, 15) is 22.8 Å². The molecule has 1 aliphatic rings. The van der Waals surface area contributed by atoms with Gasteiger partial charge in [-0.1, -0.05) is 36.0 Å². The summed E-state index contributed by atoms with van der Waals surface area (Å²) in [6, 6.07) is 11.8. The highest BCUT2D eigenvalue weighted by molar-refractivity contribution is 8.02. The van der Waals surface area contributed by atoms with Crippen LogP contribution >= 0.6 is 11.8 Å². The van der Waals surface area contributed by atoms with Crippen molar-refractivity contribution < 1.29 is 22.8 Å². The molecule has 1 heterocycles. The molecule has 2 aromatic carbocycles. The molecule has 3 rings (SSSR count). The fourth-order valence-electron chi connectivity index (χ4n) is 2.52. The van der Waals surface area contributed by atoms with Gasteiger partial charge in [-0.15, -0.1) is 0 Å². The molecule has 1 unspecified atom stereocenters. The van der Waals surface area contributed by atoms with Gasteiger partial charge in [-0.05, 0) is 36.8 Å². The van der Waals surface area contributed by atoms with Gasteiger partial charge in [0.05, 0.1) is 11.3 Å². The van der Waals surface area contributed by atoms with Crippen molar-refractivity contribution in [3.63, 3.8) is 0 Å². The van der Waals surface area contributed by atoms with Crippen molar-refractivity contribution in [3.8, 4) is 0 Å². The number of rotatable bonds is 3. The lowest BCUT2D eigenvalue weighted by atomic mass is 10.1. The third-order valence-electron chi connectivity index (χ3n) is 4.02. The molecule has 0 aromatic heterocycles. The number of carbonyl (C=O) groups is 2. The minimum atomic E-state index is -4.45. The van der Waals surface area contributed by atoms with Gasteiger partial charge in [-0.2, -0.15) is 13.2 Å². The summed E-state index contributed by atoms with van der Waals surface area (Å²) in [4.78, 5) is 25.7. The summed E-state index contributed by atoms with van der Waals surface area (Å²) in [6.45, 7) is 1.39. The van der Waals surface area contributed by atoms with E-state index in [2.05, 4.69) is 10.6 Å². The van der Waals surface area contributed by atoms with Crippen LogP contribution in [0.15, 0.2) is 53.4 Å². The summed E-state index contributed by atoms with van der Waals surface area (Å²) in [7, 11) is 0. The summed E-state index contributed by atoms with van der Waals surface area (Å²) in [5.74, 6) is -1.03. The number of hydrogen-bond acceptors (Lipinski definition) is 3. The van der Waals surface area contributed by atoms with E-state index in [1.165, 1.54) is 19.1 Å². The van der Waals surface area contributed by atoms with Gasteiger partial charge in [-0.3, -0.25) is 9.59 Å². The number of halogens is 3. The van der Waals surface area contributed by atoms with Gasteiger partial charge in [0.1, 0.15) is 0 Å². The maximum Gasteiger partial charge on any atom is 0.416 e. The zero-order chi connectivity index (χ0) is 18.9. The molecule has 1 aliphatic heterocycles. The number of para-hydroxylation sites is 1. The highest BCUT2D eigenvalue weighted by atomic mass is 32.2. The van der Waals surface area contributed by atoms with E-state index in [1.54, 1.807) is 24.3 Å². The Bertz CT molecular complexity index is 870. The molecule has 2 aromatic rings. The SMILES string of the molecule is CC1(C(=O)NCc2cccc(C(F)(F)F)c2)Sc2ccccc2NC1=O. The average Bonchev–Trinajstić information content (AvgIpc) is 2.60. The van der Waals surface area contributed by atoms with Crippen molar-refractivity contribution in [1.82, 2.24) is 5.32 Å². The van der Waals surface area contributed by atoms with E-state index in [0.29, 0.717) is 11.3 Å². The molecule has 2 N–H and O–H groups in total. The Morgan fingerprint density at radius 3 is 2.65 bits per heavy atom. The maximum absolute atomic E-state index is 12.8. The first-order valence-corrected chi connectivity index (χ1v) is 8.56. The van der Waals surface area contributed by atoms with Gasteiger partial charge >= 0.3 is 6.18 Å². The topological polar surface area (TPSA) is 58.2 Å². The Morgan fingerprint density at radius 1 is 1.19 bits per heavy atom.